The number of urea groups is 1. The van der Waals surface area contributed by atoms with Crippen molar-refractivity contribution >= 4 is 6.03 Å². The summed E-state index contributed by atoms with van der Waals surface area (Å²) in [7, 11) is 0. The first-order valence-corrected chi connectivity index (χ1v) is 6.92. The third kappa shape index (κ3) is 3.87. The van der Waals surface area contributed by atoms with Gasteiger partial charge in [0.15, 0.2) is 0 Å². The van der Waals surface area contributed by atoms with Crippen LogP contribution in [0.3, 0.4) is 0 Å². The Bertz CT molecular complexity index is 244. The van der Waals surface area contributed by atoms with Crippen LogP contribution in [0, 0.1) is 5.92 Å². The van der Waals surface area contributed by atoms with Gasteiger partial charge in [-0.25, -0.2) is 4.79 Å². The molecule has 0 aromatic heterocycles. The van der Waals surface area contributed by atoms with Gasteiger partial charge in [-0.2, -0.15) is 0 Å². The van der Waals surface area contributed by atoms with E-state index in [9.17, 15) is 4.79 Å². The molecule has 1 atom stereocenters. The van der Waals surface area contributed by atoms with Gasteiger partial charge in [0.1, 0.15) is 0 Å². The minimum Gasteiger partial charge on any atom is -0.379 e. The molecule has 2 amide bonds. The highest BCUT2D eigenvalue weighted by Crippen LogP contribution is 2.26. The van der Waals surface area contributed by atoms with E-state index in [0.717, 1.165) is 31.8 Å². The zero-order valence-corrected chi connectivity index (χ0v) is 10.7. The Morgan fingerprint density at radius 2 is 1.82 bits per heavy atom. The largest absolute Gasteiger partial charge is 0.379 e. The summed E-state index contributed by atoms with van der Waals surface area (Å²) in [5.74, 6) is 0.874. The minimum absolute atomic E-state index is 0.0135. The fraction of sp³-hybridized carbons (Fsp3) is 0.923. The molecular weight excluding hydrogens is 216 g/mol. The highest BCUT2D eigenvalue weighted by Gasteiger charge is 2.23. The van der Waals surface area contributed by atoms with E-state index in [2.05, 4.69) is 17.6 Å². The maximum Gasteiger partial charge on any atom is 0.315 e. The quantitative estimate of drug-likeness (QED) is 0.793. The zero-order valence-electron chi connectivity index (χ0n) is 10.7. The van der Waals surface area contributed by atoms with Crippen LogP contribution in [0.2, 0.25) is 0 Å². The summed E-state index contributed by atoms with van der Waals surface area (Å²) in [6, 6.07) is 0.572. The molecule has 1 heterocycles. The van der Waals surface area contributed by atoms with Crippen molar-refractivity contribution in [1.29, 1.82) is 0 Å². The smallest absolute Gasteiger partial charge is 0.315 e. The number of amides is 2. The van der Waals surface area contributed by atoms with Crippen molar-refractivity contribution in [2.45, 2.75) is 57.5 Å². The fourth-order valence-corrected chi connectivity index (χ4v) is 2.78. The molecule has 4 nitrogen and oxygen atoms in total. The van der Waals surface area contributed by atoms with Crippen LogP contribution in [0.15, 0.2) is 0 Å². The van der Waals surface area contributed by atoms with Crippen molar-refractivity contribution in [3.63, 3.8) is 0 Å². The van der Waals surface area contributed by atoms with Crippen LogP contribution in [0.4, 0.5) is 4.79 Å². The minimum atomic E-state index is -0.0135. The first-order valence-electron chi connectivity index (χ1n) is 6.92. The summed E-state index contributed by atoms with van der Waals surface area (Å²) in [5, 5.41) is 6.06. The number of ether oxygens (including phenoxy) is 1. The number of hydrogen-bond acceptors (Lipinski definition) is 2. The van der Waals surface area contributed by atoms with E-state index in [1.54, 1.807) is 0 Å². The van der Waals surface area contributed by atoms with E-state index in [1.807, 2.05) is 0 Å². The molecule has 1 saturated carbocycles. The Morgan fingerprint density at radius 1 is 1.12 bits per heavy atom. The summed E-state index contributed by atoms with van der Waals surface area (Å²) in [5.41, 5.74) is 0. The Kier molecular flexibility index (Phi) is 4.66. The molecule has 2 rings (SSSR count). The molecule has 1 aliphatic heterocycles. The lowest BCUT2D eigenvalue weighted by Gasteiger charge is -2.28. The number of carbonyl (C=O) groups excluding carboxylic acids is 1. The SMILES string of the molecule is CCC1CCC(NC(=O)NC2CCOC2)CC1. The zero-order chi connectivity index (χ0) is 12.1. The predicted octanol–water partition coefficient (Wildman–Crippen LogP) is 2.04. The summed E-state index contributed by atoms with van der Waals surface area (Å²) < 4.78 is 5.23. The first kappa shape index (κ1) is 12.7. The van der Waals surface area contributed by atoms with Gasteiger partial charge in [0.05, 0.1) is 12.6 Å². The van der Waals surface area contributed by atoms with Crippen molar-refractivity contribution in [2.75, 3.05) is 13.2 Å². The van der Waals surface area contributed by atoms with Gasteiger partial charge in [-0.3, -0.25) is 0 Å². The molecule has 2 N–H and O–H groups in total. The lowest BCUT2D eigenvalue weighted by molar-refractivity contribution is 0.187. The van der Waals surface area contributed by atoms with Gasteiger partial charge in [-0.15, -0.1) is 0 Å². The molecule has 2 fully saturated rings. The van der Waals surface area contributed by atoms with Crippen LogP contribution in [-0.4, -0.2) is 31.3 Å². The molecule has 1 saturated heterocycles. The second kappa shape index (κ2) is 6.24. The monoisotopic (exact) mass is 240 g/mol. The summed E-state index contributed by atoms with van der Waals surface area (Å²) >= 11 is 0. The van der Waals surface area contributed by atoms with Gasteiger partial charge < -0.3 is 15.4 Å². The molecule has 1 unspecified atom stereocenters. The standard InChI is InChI=1S/C13H24N2O2/c1-2-10-3-5-11(6-4-10)14-13(16)15-12-7-8-17-9-12/h10-12H,2-9H2,1H3,(H2,14,15,16). The van der Waals surface area contributed by atoms with Gasteiger partial charge in [0.25, 0.3) is 0 Å². The van der Waals surface area contributed by atoms with Crippen molar-refractivity contribution < 1.29 is 9.53 Å². The van der Waals surface area contributed by atoms with Crippen molar-refractivity contribution in [2.24, 2.45) is 5.92 Å². The normalized spacial score (nSPS) is 33.4. The molecule has 98 valence electrons. The number of carbonyl (C=O) groups is 1. The Hall–Kier alpha value is -0.770. The molecule has 0 bridgehead atoms. The summed E-state index contributed by atoms with van der Waals surface area (Å²) in [6.07, 6.45) is 7.00. The fourth-order valence-electron chi connectivity index (χ4n) is 2.78. The number of nitrogens with one attached hydrogen (secondary N) is 2. The van der Waals surface area contributed by atoms with Crippen LogP contribution in [0.5, 0.6) is 0 Å². The molecule has 0 aromatic rings. The Balaban J connectivity index is 1.65. The van der Waals surface area contributed by atoms with Crippen LogP contribution in [0.25, 0.3) is 0 Å². The second-order valence-corrected chi connectivity index (χ2v) is 5.30. The lowest BCUT2D eigenvalue weighted by Crippen LogP contribution is -2.47. The van der Waals surface area contributed by atoms with Gasteiger partial charge in [-0.05, 0) is 38.0 Å². The Labute approximate surface area is 103 Å². The van der Waals surface area contributed by atoms with E-state index in [1.165, 1.54) is 19.3 Å². The Morgan fingerprint density at radius 3 is 2.41 bits per heavy atom. The number of rotatable bonds is 3. The topological polar surface area (TPSA) is 50.4 Å². The molecule has 17 heavy (non-hydrogen) atoms. The van der Waals surface area contributed by atoms with E-state index >= 15 is 0 Å². The highest BCUT2D eigenvalue weighted by molar-refractivity contribution is 5.74. The first-order chi connectivity index (χ1) is 8.28. The second-order valence-electron chi connectivity index (χ2n) is 5.30. The van der Waals surface area contributed by atoms with Crippen LogP contribution >= 0.6 is 0 Å². The number of hydrogen-bond donors (Lipinski definition) is 2. The summed E-state index contributed by atoms with van der Waals surface area (Å²) in [6.45, 7) is 3.69. The van der Waals surface area contributed by atoms with Gasteiger partial charge >= 0.3 is 6.03 Å². The average molecular weight is 240 g/mol. The highest BCUT2D eigenvalue weighted by atomic mass is 16.5. The third-order valence-corrected chi connectivity index (χ3v) is 4.02. The lowest BCUT2D eigenvalue weighted by atomic mass is 9.85. The molecule has 0 spiro atoms. The van der Waals surface area contributed by atoms with Gasteiger partial charge in [-0.1, -0.05) is 13.3 Å². The molecule has 0 aromatic carbocycles. The van der Waals surface area contributed by atoms with Crippen LogP contribution < -0.4 is 10.6 Å². The van der Waals surface area contributed by atoms with Gasteiger partial charge in [0, 0.05) is 12.6 Å². The van der Waals surface area contributed by atoms with E-state index < -0.39 is 0 Å². The average Bonchev–Trinajstić information content (AvgIpc) is 2.82. The molecule has 1 aliphatic carbocycles. The molecule has 4 heteroatoms. The maximum atomic E-state index is 11.7. The van der Waals surface area contributed by atoms with E-state index in [4.69, 9.17) is 4.74 Å². The van der Waals surface area contributed by atoms with Crippen LogP contribution in [0.1, 0.15) is 45.4 Å². The van der Waals surface area contributed by atoms with Crippen molar-refractivity contribution in [1.82, 2.24) is 10.6 Å². The molecule has 2 aliphatic rings. The van der Waals surface area contributed by atoms with Crippen molar-refractivity contribution in [3.8, 4) is 0 Å². The third-order valence-electron chi connectivity index (χ3n) is 4.02. The molecular formula is C13H24N2O2. The molecule has 0 radical (unpaired) electrons. The van der Waals surface area contributed by atoms with E-state index in [-0.39, 0.29) is 12.1 Å². The van der Waals surface area contributed by atoms with Crippen LogP contribution in [-0.2, 0) is 4.74 Å². The summed E-state index contributed by atoms with van der Waals surface area (Å²) in [4.78, 5) is 11.7. The van der Waals surface area contributed by atoms with E-state index in [0.29, 0.717) is 12.6 Å². The van der Waals surface area contributed by atoms with Gasteiger partial charge in [0.2, 0.25) is 0 Å². The van der Waals surface area contributed by atoms with Crippen molar-refractivity contribution in [3.05, 3.63) is 0 Å². The predicted molar refractivity (Wildman–Crippen MR) is 66.9 cm³/mol. The maximum absolute atomic E-state index is 11.7.